The number of Topliss-reactive ketones (excluding diaryl/α,β-unsaturated/α-hetero) is 1. The van der Waals surface area contributed by atoms with Crippen LogP contribution < -0.4 is 10.1 Å². The van der Waals surface area contributed by atoms with E-state index in [9.17, 15) is 4.79 Å². The molecule has 3 nitrogen and oxygen atoms in total. The van der Waals surface area contributed by atoms with Gasteiger partial charge in [-0.2, -0.15) is 0 Å². The van der Waals surface area contributed by atoms with E-state index in [4.69, 9.17) is 4.74 Å². The van der Waals surface area contributed by atoms with Crippen molar-refractivity contribution >= 4 is 5.78 Å². The van der Waals surface area contributed by atoms with Gasteiger partial charge in [0.05, 0.1) is 6.04 Å². The molecule has 0 amide bonds. The fourth-order valence-corrected chi connectivity index (χ4v) is 2.99. The summed E-state index contributed by atoms with van der Waals surface area (Å²) in [6, 6.07) is 27.4. The van der Waals surface area contributed by atoms with Gasteiger partial charge in [0, 0.05) is 11.6 Å². The minimum atomic E-state index is -0.267. The summed E-state index contributed by atoms with van der Waals surface area (Å²) < 4.78 is 5.78. The van der Waals surface area contributed by atoms with Gasteiger partial charge < -0.3 is 10.1 Å². The van der Waals surface area contributed by atoms with Gasteiger partial charge in [0.2, 0.25) is 0 Å². The summed E-state index contributed by atoms with van der Waals surface area (Å²) in [5.41, 5.74) is 2.97. The van der Waals surface area contributed by atoms with Crippen LogP contribution in [0.1, 0.15) is 41.4 Å². The molecule has 3 aromatic carbocycles. The lowest BCUT2D eigenvalue weighted by molar-refractivity contribution is 0.0945. The van der Waals surface area contributed by atoms with E-state index in [1.807, 2.05) is 79.7 Å². The first-order chi connectivity index (χ1) is 13.1. The Kier molecular flexibility index (Phi) is 6.39. The Morgan fingerprint density at radius 1 is 0.852 bits per heavy atom. The van der Waals surface area contributed by atoms with Gasteiger partial charge in [-0.05, 0) is 49.2 Å². The summed E-state index contributed by atoms with van der Waals surface area (Å²) in [5.74, 6) is 0.834. The van der Waals surface area contributed by atoms with Gasteiger partial charge in [-0.25, -0.2) is 0 Å². The van der Waals surface area contributed by atoms with Crippen molar-refractivity contribution in [3.05, 3.63) is 102 Å². The second kappa shape index (κ2) is 9.15. The number of carbonyl (C=O) groups is 1. The summed E-state index contributed by atoms with van der Waals surface area (Å²) in [5, 5.41) is 3.37. The summed E-state index contributed by atoms with van der Waals surface area (Å²) in [6.07, 6.45) is 0. The highest BCUT2D eigenvalue weighted by Crippen LogP contribution is 2.17. The second-order valence-electron chi connectivity index (χ2n) is 6.68. The van der Waals surface area contributed by atoms with E-state index in [0.29, 0.717) is 12.2 Å². The summed E-state index contributed by atoms with van der Waals surface area (Å²) in [7, 11) is 0. The van der Waals surface area contributed by atoms with Crippen molar-refractivity contribution in [1.29, 1.82) is 0 Å². The second-order valence-corrected chi connectivity index (χ2v) is 6.68. The Morgan fingerprint density at radius 2 is 1.44 bits per heavy atom. The van der Waals surface area contributed by atoms with Crippen LogP contribution in [0, 0.1) is 0 Å². The Hall–Kier alpha value is -2.91. The number of ketones is 1. The maximum Gasteiger partial charge on any atom is 0.179 e. The van der Waals surface area contributed by atoms with Crippen molar-refractivity contribution < 1.29 is 9.53 Å². The molecule has 0 radical (unpaired) electrons. The molecular formula is C24H25NO2. The maximum atomic E-state index is 12.7. The fourth-order valence-electron chi connectivity index (χ4n) is 2.99. The molecule has 0 saturated heterocycles. The fraction of sp³-hybridized carbons (Fsp3) is 0.208. The van der Waals surface area contributed by atoms with Crippen molar-refractivity contribution in [2.24, 2.45) is 0 Å². The molecule has 0 bridgehead atoms. The van der Waals surface area contributed by atoms with Crippen LogP contribution in [0.25, 0.3) is 0 Å². The van der Waals surface area contributed by atoms with Crippen LogP contribution in [-0.4, -0.2) is 11.8 Å². The zero-order valence-electron chi connectivity index (χ0n) is 15.8. The van der Waals surface area contributed by atoms with E-state index in [-0.39, 0.29) is 17.9 Å². The number of ether oxygens (including phenoxy) is 1. The molecule has 0 aromatic heterocycles. The molecule has 138 valence electrons. The SMILES string of the molecule is CC(N[C@H](C)c1ccccc1)C(=O)c1ccc(OCc2ccccc2)cc1. The van der Waals surface area contributed by atoms with Crippen molar-refractivity contribution in [3.8, 4) is 5.75 Å². The average molecular weight is 359 g/mol. The smallest absolute Gasteiger partial charge is 0.179 e. The summed E-state index contributed by atoms with van der Waals surface area (Å²) in [4.78, 5) is 12.7. The van der Waals surface area contributed by atoms with Crippen molar-refractivity contribution in [2.45, 2.75) is 32.5 Å². The normalized spacial score (nSPS) is 13.0. The van der Waals surface area contributed by atoms with Crippen molar-refractivity contribution in [1.82, 2.24) is 5.32 Å². The van der Waals surface area contributed by atoms with E-state index in [0.717, 1.165) is 11.3 Å². The number of hydrogen-bond donors (Lipinski definition) is 1. The predicted octanol–water partition coefficient (Wildman–Crippen LogP) is 5.19. The minimum absolute atomic E-state index is 0.0763. The van der Waals surface area contributed by atoms with Crippen LogP contribution in [-0.2, 0) is 6.61 Å². The van der Waals surface area contributed by atoms with Gasteiger partial charge in [-0.15, -0.1) is 0 Å². The molecular weight excluding hydrogens is 334 g/mol. The van der Waals surface area contributed by atoms with Crippen LogP contribution in [0.2, 0.25) is 0 Å². The van der Waals surface area contributed by atoms with Crippen LogP contribution in [0.5, 0.6) is 5.75 Å². The van der Waals surface area contributed by atoms with Crippen molar-refractivity contribution in [2.75, 3.05) is 0 Å². The van der Waals surface area contributed by atoms with Gasteiger partial charge >= 0.3 is 0 Å². The molecule has 1 unspecified atom stereocenters. The lowest BCUT2D eigenvalue weighted by Crippen LogP contribution is -2.35. The molecule has 27 heavy (non-hydrogen) atoms. The molecule has 0 heterocycles. The van der Waals surface area contributed by atoms with Gasteiger partial charge in [-0.3, -0.25) is 4.79 Å². The molecule has 3 heteroatoms. The molecule has 3 rings (SSSR count). The maximum absolute atomic E-state index is 12.7. The largest absolute Gasteiger partial charge is 0.489 e. The quantitative estimate of drug-likeness (QED) is 0.563. The molecule has 0 aliphatic rings. The molecule has 0 fully saturated rings. The summed E-state index contributed by atoms with van der Waals surface area (Å²) in [6.45, 7) is 4.49. The third-order valence-corrected chi connectivity index (χ3v) is 4.58. The number of benzene rings is 3. The Morgan fingerprint density at radius 3 is 2.07 bits per heavy atom. The van der Waals surface area contributed by atoms with E-state index in [1.165, 1.54) is 5.56 Å². The van der Waals surface area contributed by atoms with Gasteiger partial charge in [0.15, 0.2) is 5.78 Å². The predicted molar refractivity (Wildman–Crippen MR) is 109 cm³/mol. The number of nitrogens with one attached hydrogen (secondary N) is 1. The molecule has 3 aromatic rings. The third-order valence-electron chi connectivity index (χ3n) is 4.58. The van der Waals surface area contributed by atoms with Crippen LogP contribution in [0.3, 0.4) is 0 Å². The highest BCUT2D eigenvalue weighted by Gasteiger charge is 2.17. The Bertz CT molecular complexity index is 845. The number of carbonyl (C=O) groups excluding carboxylic acids is 1. The first kappa shape index (κ1) is 18.9. The lowest BCUT2D eigenvalue weighted by atomic mass is 10.0. The highest BCUT2D eigenvalue weighted by molar-refractivity contribution is 5.99. The number of hydrogen-bond acceptors (Lipinski definition) is 3. The van der Waals surface area contributed by atoms with Gasteiger partial charge in [0.25, 0.3) is 0 Å². The molecule has 0 aliphatic heterocycles. The zero-order chi connectivity index (χ0) is 19.1. The van der Waals surface area contributed by atoms with Gasteiger partial charge in [-0.1, -0.05) is 60.7 Å². The minimum Gasteiger partial charge on any atom is -0.489 e. The Balaban J connectivity index is 1.56. The van der Waals surface area contributed by atoms with Crippen LogP contribution >= 0.6 is 0 Å². The van der Waals surface area contributed by atoms with E-state index in [1.54, 1.807) is 0 Å². The first-order valence-corrected chi connectivity index (χ1v) is 9.25. The lowest BCUT2D eigenvalue weighted by Gasteiger charge is -2.19. The monoisotopic (exact) mass is 359 g/mol. The molecule has 0 saturated carbocycles. The van der Waals surface area contributed by atoms with Crippen molar-refractivity contribution in [3.63, 3.8) is 0 Å². The first-order valence-electron chi connectivity index (χ1n) is 9.25. The molecule has 0 aliphatic carbocycles. The number of rotatable bonds is 8. The topological polar surface area (TPSA) is 38.3 Å². The van der Waals surface area contributed by atoms with E-state index in [2.05, 4.69) is 24.4 Å². The van der Waals surface area contributed by atoms with E-state index >= 15 is 0 Å². The van der Waals surface area contributed by atoms with Crippen LogP contribution in [0.15, 0.2) is 84.9 Å². The molecule has 2 atom stereocenters. The molecule has 0 spiro atoms. The Labute approximate surface area is 161 Å². The standard InChI is InChI=1S/C24H25NO2/c1-18(21-11-7-4-8-12-21)25-19(2)24(26)22-13-15-23(16-14-22)27-17-20-9-5-3-6-10-20/h3-16,18-19,25H,17H2,1-2H3/t18-,19?/m1/s1. The summed E-state index contributed by atoms with van der Waals surface area (Å²) >= 11 is 0. The highest BCUT2D eigenvalue weighted by atomic mass is 16.5. The molecule has 1 N–H and O–H groups in total. The van der Waals surface area contributed by atoms with E-state index < -0.39 is 0 Å². The van der Waals surface area contributed by atoms with Gasteiger partial charge in [0.1, 0.15) is 12.4 Å². The average Bonchev–Trinajstić information content (AvgIpc) is 2.73. The zero-order valence-corrected chi connectivity index (χ0v) is 15.8. The van der Waals surface area contributed by atoms with Crippen LogP contribution in [0.4, 0.5) is 0 Å². The third kappa shape index (κ3) is 5.28.